The molecule has 9 nitrogen and oxygen atoms in total. The number of fused-ring (bicyclic) bond motifs is 2. The van der Waals surface area contributed by atoms with Crippen molar-refractivity contribution < 1.29 is 17.9 Å². The predicted molar refractivity (Wildman–Crippen MR) is 146 cm³/mol. The highest BCUT2D eigenvalue weighted by Crippen LogP contribution is 2.34. The Hall–Kier alpha value is -4.45. The summed E-state index contributed by atoms with van der Waals surface area (Å²) < 4.78 is 42.0. The number of ether oxygens (including phenoxy) is 1. The van der Waals surface area contributed by atoms with E-state index in [-0.39, 0.29) is 24.4 Å². The number of nitrogens with one attached hydrogen (secondary N) is 3. The summed E-state index contributed by atoms with van der Waals surface area (Å²) in [5.41, 5.74) is 3.54. The summed E-state index contributed by atoms with van der Waals surface area (Å²) in [4.78, 5) is 35.1. The molecule has 1 aliphatic rings. The van der Waals surface area contributed by atoms with Gasteiger partial charge in [0.2, 0.25) is 0 Å². The molecule has 0 bridgehead atoms. The van der Waals surface area contributed by atoms with Gasteiger partial charge in [0.25, 0.3) is 5.56 Å². The summed E-state index contributed by atoms with van der Waals surface area (Å²) in [6.07, 6.45) is -1.58. The fourth-order valence-corrected chi connectivity index (χ4v) is 5.17. The molecule has 1 unspecified atom stereocenters. The summed E-state index contributed by atoms with van der Waals surface area (Å²) in [6, 6.07) is 14.6. The minimum atomic E-state index is -4.63. The Morgan fingerprint density at radius 2 is 1.77 bits per heavy atom. The maximum absolute atomic E-state index is 13.4. The molecule has 4 heterocycles. The van der Waals surface area contributed by atoms with Crippen LogP contribution >= 0.6 is 0 Å². The molecule has 206 valence electrons. The predicted octanol–water partition coefficient (Wildman–Crippen LogP) is 5.54. The van der Waals surface area contributed by atoms with Crippen molar-refractivity contribution in [2.75, 3.05) is 23.3 Å². The monoisotopic (exact) mass is 549 g/mol. The molecule has 0 amide bonds. The van der Waals surface area contributed by atoms with Crippen molar-refractivity contribution in [3.8, 4) is 11.4 Å². The van der Waals surface area contributed by atoms with E-state index >= 15 is 0 Å². The van der Waals surface area contributed by atoms with Gasteiger partial charge >= 0.3 is 6.36 Å². The van der Waals surface area contributed by atoms with Crippen molar-refractivity contribution >= 4 is 33.3 Å². The number of hydrogen-bond acceptors (Lipinski definition) is 7. The number of hydrogen-bond donors (Lipinski definition) is 3. The number of benzene rings is 2. The summed E-state index contributed by atoms with van der Waals surface area (Å²) in [5, 5.41) is 4.24. The van der Waals surface area contributed by atoms with Crippen molar-refractivity contribution in [3.05, 3.63) is 77.1 Å². The number of nitrogens with zero attached hydrogens (tertiary/aromatic N) is 4. The molecular weight excluding hydrogens is 523 g/mol. The van der Waals surface area contributed by atoms with Crippen molar-refractivity contribution in [1.82, 2.24) is 24.9 Å². The normalized spacial score (nSPS) is 15.6. The Morgan fingerprint density at radius 1 is 1.02 bits per heavy atom. The summed E-state index contributed by atoms with van der Waals surface area (Å²) in [5.74, 6) is 0.969. The average Bonchev–Trinajstić information content (AvgIpc) is 3.36. The second-order valence-electron chi connectivity index (χ2n) is 9.76. The first kappa shape index (κ1) is 25.8. The van der Waals surface area contributed by atoms with Gasteiger partial charge in [-0.15, -0.1) is 13.2 Å². The zero-order valence-electron chi connectivity index (χ0n) is 21.5. The van der Waals surface area contributed by atoms with Crippen LogP contribution in [-0.4, -0.2) is 50.5 Å². The third-order valence-corrected chi connectivity index (χ3v) is 7.07. The third-order valence-electron chi connectivity index (χ3n) is 7.07. The number of pyridine rings is 1. The standard InChI is InChI=1S/C28H26F3N7O2/c1-16(25-32-11-4-12-33-25)34-24-19-5-2-3-6-20(19)37-27(39)23(24)26-35-21-8-7-17(15-22(21)36-26)38-13-9-18(10-14-38)40-28(29,30)31/h2-8,11-12,15-16,18H,9-10,13-14H2,1H3,(H,35,36)(H2,34,37,39). The molecule has 0 aliphatic carbocycles. The second-order valence-corrected chi connectivity index (χ2v) is 9.76. The van der Waals surface area contributed by atoms with Gasteiger partial charge in [0.05, 0.1) is 34.4 Å². The number of piperidine rings is 1. The minimum Gasteiger partial charge on any atom is -0.374 e. The number of halogens is 3. The van der Waals surface area contributed by atoms with E-state index in [9.17, 15) is 18.0 Å². The smallest absolute Gasteiger partial charge is 0.374 e. The van der Waals surface area contributed by atoms with E-state index in [4.69, 9.17) is 4.98 Å². The summed E-state index contributed by atoms with van der Waals surface area (Å²) >= 11 is 0. The number of H-pyrrole nitrogens is 2. The molecule has 40 heavy (non-hydrogen) atoms. The van der Waals surface area contributed by atoms with Crippen molar-refractivity contribution in [2.45, 2.75) is 38.3 Å². The molecule has 0 radical (unpaired) electrons. The zero-order chi connectivity index (χ0) is 27.9. The molecule has 2 aromatic carbocycles. The second kappa shape index (κ2) is 10.3. The van der Waals surface area contributed by atoms with Crippen LogP contribution in [0.25, 0.3) is 33.3 Å². The van der Waals surface area contributed by atoms with Gasteiger partial charge in [-0.1, -0.05) is 18.2 Å². The van der Waals surface area contributed by atoms with Gasteiger partial charge in [0.15, 0.2) is 0 Å². The quantitative estimate of drug-likeness (QED) is 0.255. The van der Waals surface area contributed by atoms with Gasteiger partial charge in [0, 0.05) is 36.6 Å². The van der Waals surface area contributed by atoms with Gasteiger partial charge in [-0.05, 0) is 50.1 Å². The molecule has 1 saturated heterocycles. The van der Waals surface area contributed by atoms with E-state index in [1.165, 1.54) is 0 Å². The molecule has 1 aliphatic heterocycles. The maximum Gasteiger partial charge on any atom is 0.522 e. The Bertz CT molecular complexity index is 1710. The van der Waals surface area contributed by atoms with Crippen LogP contribution in [0.5, 0.6) is 0 Å². The van der Waals surface area contributed by atoms with E-state index in [0.717, 1.165) is 11.1 Å². The first-order chi connectivity index (χ1) is 19.2. The highest BCUT2D eigenvalue weighted by Gasteiger charge is 2.35. The van der Waals surface area contributed by atoms with Crippen LogP contribution in [0.2, 0.25) is 0 Å². The van der Waals surface area contributed by atoms with Gasteiger partial charge in [-0.25, -0.2) is 15.0 Å². The lowest BCUT2D eigenvalue weighted by atomic mass is 10.1. The number of aromatic amines is 2. The van der Waals surface area contributed by atoms with E-state index in [2.05, 4.69) is 30.0 Å². The lowest BCUT2D eigenvalue weighted by molar-refractivity contribution is -0.344. The van der Waals surface area contributed by atoms with Crippen LogP contribution in [0.1, 0.15) is 31.6 Å². The van der Waals surface area contributed by atoms with Crippen molar-refractivity contribution in [3.63, 3.8) is 0 Å². The summed E-state index contributed by atoms with van der Waals surface area (Å²) in [7, 11) is 0. The van der Waals surface area contributed by atoms with E-state index in [0.29, 0.717) is 52.5 Å². The van der Waals surface area contributed by atoms with Crippen LogP contribution in [0.3, 0.4) is 0 Å². The Kier molecular flexibility index (Phi) is 6.62. The van der Waals surface area contributed by atoms with Crippen LogP contribution < -0.4 is 15.8 Å². The Labute approximate surface area is 226 Å². The lowest BCUT2D eigenvalue weighted by Gasteiger charge is -2.33. The molecule has 5 aromatic rings. The Morgan fingerprint density at radius 3 is 2.52 bits per heavy atom. The number of aromatic nitrogens is 5. The van der Waals surface area contributed by atoms with Gasteiger partial charge in [0.1, 0.15) is 17.2 Å². The molecule has 3 N–H and O–H groups in total. The average molecular weight is 550 g/mol. The highest BCUT2D eigenvalue weighted by atomic mass is 19.4. The van der Waals surface area contributed by atoms with Crippen LogP contribution in [0.15, 0.2) is 65.7 Å². The largest absolute Gasteiger partial charge is 0.522 e. The minimum absolute atomic E-state index is 0.274. The van der Waals surface area contributed by atoms with Gasteiger partial charge in [-0.3, -0.25) is 9.53 Å². The molecule has 0 spiro atoms. The van der Waals surface area contributed by atoms with Crippen LogP contribution in [0.4, 0.5) is 24.5 Å². The molecule has 12 heteroatoms. The molecule has 3 aromatic heterocycles. The van der Waals surface area contributed by atoms with E-state index in [1.807, 2.05) is 54.3 Å². The van der Waals surface area contributed by atoms with Crippen LogP contribution in [-0.2, 0) is 4.74 Å². The molecule has 1 fully saturated rings. The molecule has 0 saturated carbocycles. The van der Waals surface area contributed by atoms with E-state index in [1.54, 1.807) is 18.5 Å². The first-order valence-corrected chi connectivity index (χ1v) is 12.9. The van der Waals surface area contributed by atoms with Crippen molar-refractivity contribution in [1.29, 1.82) is 0 Å². The maximum atomic E-state index is 13.4. The zero-order valence-corrected chi connectivity index (χ0v) is 21.5. The first-order valence-electron chi connectivity index (χ1n) is 12.9. The SMILES string of the molecule is CC(Nc1c(-c2nc3ccc(N4CCC(OC(F)(F)F)CC4)cc3[nH]2)c(=O)[nH]c2ccccc12)c1ncccn1. The molecule has 6 rings (SSSR count). The Balaban J connectivity index is 1.34. The third kappa shape index (κ3) is 5.22. The van der Waals surface area contributed by atoms with E-state index < -0.39 is 12.5 Å². The topological polar surface area (TPSA) is 112 Å². The number of rotatable bonds is 6. The van der Waals surface area contributed by atoms with Gasteiger partial charge in [-0.2, -0.15) is 0 Å². The van der Waals surface area contributed by atoms with Gasteiger partial charge < -0.3 is 20.2 Å². The molecular formula is C28H26F3N7O2. The molecule has 1 atom stereocenters. The number of anilines is 2. The van der Waals surface area contributed by atoms with Crippen molar-refractivity contribution in [2.24, 2.45) is 0 Å². The number of imidazole rings is 1. The number of para-hydroxylation sites is 1. The van der Waals surface area contributed by atoms with Crippen LogP contribution in [0, 0.1) is 0 Å². The number of alkyl halides is 3. The highest BCUT2D eigenvalue weighted by molar-refractivity contribution is 5.99. The lowest BCUT2D eigenvalue weighted by Crippen LogP contribution is -2.39. The summed E-state index contributed by atoms with van der Waals surface area (Å²) in [6.45, 7) is 2.79. The fourth-order valence-electron chi connectivity index (χ4n) is 5.17. The fraction of sp³-hybridized carbons (Fsp3) is 0.286.